The van der Waals surface area contributed by atoms with Crippen LogP contribution in [0.25, 0.3) is 0 Å². The molecule has 0 amide bonds. The standard InChI is InChI=1S/C18H16ClF3/c1-12-4-2-5-15(18(20,21)22)16(12)17(10-3-11-17)13-6-8-14(19)9-7-13/h2,4-9H,3,10-11H2,1H3. The van der Waals surface area contributed by atoms with Gasteiger partial charge in [0.15, 0.2) is 0 Å². The Morgan fingerprint density at radius 3 is 2.14 bits per heavy atom. The van der Waals surface area contributed by atoms with Crippen LogP contribution in [0.1, 0.15) is 41.5 Å². The minimum absolute atomic E-state index is 0.427. The van der Waals surface area contributed by atoms with Gasteiger partial charge >= 0.3 is 6.18 Å². The van der Waals surface area contributed by atoms with Crippen LogP contribution in [-0.2, 0) is 11.6 Å². The van der Waals surface area contributed by atoms with Crippen molar-refractivity contribution < 1.29 is 13.2 Å². The Hall–Kier alpha value is -1.48. The molecule has 116 valence electrons. The maximum atomic E-state index is 13.5. The molecule has 2 aromatic carbocycles. The normalized spacial score (nSPS) is 17.1. The van der Waals surface area contributed by atoms with Crippen molar-refractivity contribution in [2.24, 2.45) is 0 Å². The molecule has 0 atom stereocenters. The fraction of sp³-hybridized carbons (Fsp3) is 0.333. The first-order chi connectivity index (χ1) is 10.3. The molecule has 1 aliphatic rings. The van der Waals surface area contributed by atoms with Crippen molar-refractivity contribution in [1.29, 1.82) is 0 Å². The zero-order valence-corrected chi connectivity index (χ0v) is 12.9. The number of aryl methyl sites for hydroxylation is 1. The van der Waals surface area contributed by atoms with Gasteiger partial charge in [-0.1, -0.05) is 42.3 Å². The van der Waals surface area contributed by atoms with Crippen molar-refractivity contribution in [2.45, 2.75) is 37.8 Å². The average Bonchev–Trinajstić information content (AvgIpc) is 2.40. The van der Waals surface area contributed by atoms with Crippen LogP contribution in [0.3, 0.4) is 0 Å². The molecule has 1 fully saturated rings. The maximum absolute atomic E-state index is 13.5. The van der Waals surface area contributed by atoms with E-state index in [2.05, 4.69) is 0 Å². The highest BCUT2D eigenvalue weighted by Gasteiger charge is 2.46. The fourth-order valence-corrected chi connectivity index (χ4v) is 3.65. The molecule has 0 radical (unpaired) electrons. The molecule has 0 spiro atoms. The summed E-state index contributed by atoms with van der Waals surface area (Å²) in [6.45, 7) is 1.76. The Morgan fingerprint density at radius 1 is 1.00 bits per heavy atom. The third kappa shape index (κ3) is 2.41. The predicted octanol–water partition coefficient (Wildman–Crippen LogP) is 6.14. The molecule has 0 aromatic heterocycles. The SMILES string of the molecule is Cc1cccc(C(F)(F)F)c1C1(c2ccc(Cl)cc2)CCC1. The number of rotatable bonds is 2. The van der Waals surface area contributed by atoms with Gasteiger partial charge in [-0.25, -0.2) is 0 Å². The van der Waals surface area contributed by atoms with Crippen LogP contribution in [-0.4, -0.2) is 0 Å². The number of hydrogen-bond acceptors (Lipinski definition) is 0. The first kappa shape index (κ1) is 15.4. The Bertz CT molecular complexity index is 682. The summed E-state index contributed by atoms with van der Waals surface area (Å²) in [5.41, 5.74) is 0.992. The molecular weight excluding hydrogens is 309 g/mol. The van der Waals surface area contributed by atoms with E-state index in [0.29, 0.717) is 16.1 Å². The summed E-state index contributed by atoms with van der Waals surface area (Å²) in [6.07, 6.45) is -1.92. The second kappa shape index (κ2) is 5.31. The first-order valence-electron chi connectivity index (χ1n) is 7.28. The second-order valence-electron chi connectivity index (χ2n) is 5.94. The van der Waals surface area contributed by atoms with Gasteiger partial charge in [0.25, 0.3) is 0 Å². The van der Waals surface area contributed by atoms with Gasteiger partial charge in [0.1, 0.15) is 0 Å². The average molecular weight is 325 g/mol. The van der Waals surface area contributed by atoms with Crippen LogP contribution in [0.4, 0.5) is 13.2 Å². The molecule has 22 heavy (non-hydrogen) atoms. The third-order valence-electron chi connectivity index (χ3n) is 4.66. The Kier molecular flexibility index (Phi) is 3.72. The van der Waals surface area contributed by atoms with Gasteiger partial charge in [-0.15, -0.1) is 0 Å². The Morgan fingerprint density at radius 2 is 1.64 bits per heavy atom. The molecule has 3 rings (SSSR count). The van der Waals surface area contributed by atoms with Gasteiger partial charge in [0, 0.05) is 10.4 Å². The monoisotopic (exact) mass is 324 g/mol. The fourth-order valence-electron chi connectivity index (χ4n) is 3.52. The van der Waals surface area contributed by atoms with Crippen LogP contribution in [0.2, 0.25) is 5.02 Å². The van der Waals surface area contributed by atoms with Crippen LogP contribution >= 0.6 is 11.6 Å². The molecule has 0 unspecified atom stereocenters. The van der Waals surface area contributed by atoms with Crippen molar-refractivity contribution >= 4 is 11.6 Å². The lowest BCUT2D eigenvalue weighted by Crippen LogP contribution is -2.38. The van der Waals surface area contributed by atoms with E-state index in [1.54, 1.807) is 25.1 Å². The Balaban J connectivity index is 2.22. The zero-order valence-electron chi connectivity index (χ0n) is 12.2. The van der Waals surface area contributed by atoms with Crippen LogP contribution in [0, 0.1) is 6.92 Å². The van der Waals surface area contributed by atoms with E-state index >= 15 is 0 Å². The topological polar surface area (TPSA) is 0 Å². The zero-order chi connectivity index (χ0) is 16.0. The van der Waals surface area contributed by atoms with Crippen LogP contribution < -0.4 is 0 Å². The predicted molar refractivity (Wildman–Crippen MR) is 82.3 cm³/mol. The summed E-state index contributed by atoms with van der Waals surface area (Å²) in [5.74, 6) is 0. The van der Waals surface area contributed by atoms with Crippen molar-refractivity contribution in [3.63, 3.8) is 0 Å². The smallest absolute Gasteiger partial charge is 0.166 e. The summed E-state index contributed by atoms with van der Waals surface area (Å²) in [6, 6.07) is 11.7. The molecule has 0 nitrogen and oxygen atoms in total. The second-order valence-corrected chi connectivity index (χ2v) is 6.37. The Labute approximate surface area is 132 Å². The molecule has 0 heterocycles. The largest absolute Gasteiger partial charge is 0.416 e. The molecule has 0 saturated heterocycles. The van der Waals surface area contributed by atoms with Crippen molar-refractivity contribution in [2.75, 3.05) is 0 Å². The quantitative estimate of drug-likeness (QED) is 0.622. The van der Waals surface area contributed by atoms with Gasteiger partial charge in [0.05, 0.1) is 5.56 Å². The van der Waals surface area contributed by atoms with Crippen LogP contribution in [0.5, 0.6) is 0 Å². The van der Waals surface area contributed by atoms with E-state index < -0.39 is 17.2 Å². The number of hydrogen-bond donors (Lipinski definition) is 0. The van der Waals surface area contributed by atoms with E-state index in [1.807, 2.05) is 12.1 Å². The highest BCUT2D eigenvalue weighted by atomic mass is 35.5. The molecule has 0 bridgehead atoms. The minimum atomic E-state index is -4.34. The molecular formula is C18H16ClF3. The van der Waals surface area contributed by atoms with E-state index in [0.717, 1.165) is 24.8 Å². The highest BCUT2D eigenvalue weighted by molar-refractivity contribution is 6.30. The van der Waals surface area contributed by atoms with E-state index in [-0.39, 0.29) is 0 Å². The lowest BCUT2D eigenvalue weighted by Gasteiger charge is -2.45. The summed E-state index contributed by atoms with van der Waals surface area (Å²) in [4.78, 5) is 0. The lowest BCUT2D eigenvalue weighted by molar-refractivity contribution is -0.139. The molecule has 1 saturated carbocycles. The molecule has 0 N–H and O–H groups in total. The lowest BCUT2D eigenvalue weighted by atomic mass is 9.58. The van der Waals surface area contributed by atoms with Crippen molar-refractivity contribution in [1.82, 2.24) is 0 Å². The van der Waals surface area contributed by atoms with Crippen LogP contribution in [0.15, 0.2) is 42.5 Å². The molecule has 2 aromatic rings. The molecule has 4 heteroatoms. The van der Waals surface area contributed by atoms with Crippen molar-refractivity contribution in [3.8, 4) is 0 Å². The first-order valence-corrected chi connectivity index (χ1v) is 7.66. The van der Waals surface area contributed by atoms with Gasteiger partial charge in [-0.3, -0.25) is 0 Å². The maximum Gasteiger partial charge on any atom is 0.416 e. The third-order valence-corrected chi connectivity index (χ3v) is 4.91. The van der Waals surface area contributed by atoms with E-state index in [9.17, 15) is 13.2 Å². The van der Waals surface area contributed by atoms with Gasteiger partial charge in [-0.05, 0) is 54.7 Å². The number of alkyl halides is 3. The minimum Gasteiger partial charge on any atom is -0.166 e. The van der Waals surface area contributed by atoms with E-state index in [1.165, 1.54) is 12.1 Å². The van der Waals surface area contributed by atoms with Gasteiger partial charge in [-0.2, -0.15) is 13.2 Å². The summed E-state index contributed by atoms with van der Waals surface area (Å²) in [7, 11) is 0. The summed E-state index contributed by atoms with van der Waals surface area (Å²) < 4.78 is 40.4. The highest BCUT2D eigenvalue weighted by Crippen LogP contribution is 2.53. The summed E-state index contributed by atoms with van der Waals surface area (Å²) in [5, 5.41) is 0.596. The van der Waals surface area contributed by atoms with Gasteiger partial charge in [0.2, 0.25) is 0 Å². The molecule has 1 aliphatic carbocycles. The number of halogens is 4. The summed E-state index contributed by atoms with van der Waals surface area (Å²) >= 11 is 5.92. The number of benzene rings is 2. The van der Waals surface area contributed by atoms with Crippen molar-refractivity contribution in [3.05, 3.63) is 69.7 Å². The molecule has 0 aliphatic heterocycles. The van der Waals surface area contributed by atoms with Gasteiger partial charge < -0.3 is 0 Å². The van der Waals surface area contributed by atoms with E-state index in [4.69, 9.17) is 11.6 Å².